The van der Waals surface area contributed by atoms with Gasteiger partial charge in [0, 0.05) is 24.1 Å². The third-order valence-electron chi connectivity index (χ3n) is 6.84. The summed E-state index contributed by atoms with van der Waals surface area (Å²) in [5, 5.41) is 6.11. The second-order valence-electron chi connectivity index (χ2n) is 9.48. The lowest BCUT2D eigenvalue weighted by molar-refractivity contribution is -0.119. The monoisotopic (exact) mass is 519 g/mol. The Labute approximate surface area is 211 Å². The van der Waals surface area contributed by atoms with E-state index in [0.717, 1.165) is 57.3 Å². The molecular formula is C24H28ClF2N7O2. The van der Waals surface area contributed by atoms with Gasteiger partial charge in [-0.3, -0.25) is 9.36 Å². The number of carbonyl (C=O) groups excluding carboxylic acids is 1. The molecule has 2 aromatic heterocycles. The topological polar surface area (TPSA) is 120 Å². The Hall–Kier alpha value is -3.05. The van der Waals surface area contributed by atoms with Gasteiger partial charge in [0.2, 0.25) is 17.8 Å². The second kappa shape index (κ2) is 10.5. The molecule has 1 aromatic carbocycles. The summed E-state index contributed by atoms with van der Waals surface area (Å²) in [4.78, 5) is 25.1. The van der Waals surface area contributed by atoms with Gasteiger partial charge in [-0.2, -0.15) is 4.98 Å². The SMILES string of the molecule is NC(=O)CC1CCC(n2c(Nc3c(F)cc(Cl)cc3F)nc3cnc(N[C@H]4CCCOC4)nc32)CC1. The van der Waals surface area contributed by atoms with Gasteiger partial charge in [-0.15, -0.1) is 0 Å². The van der Waals surface area contributed by atoms with Crippen LogP contribution in [-0.2, 0) is 9.53 Å². The molecule has 1 atom stereocenters. The summed E-state index contributed by atoms with van der Waals surface area (Å²) >= 11 is 5.79. The molecule has 1 saturated heterocycles. The Morgan fingerprint density at radius 1 is 1.17 bits per heavy atom. The van der Waals surface area contributed by atoms with Crippen LogP contribution in [0.2, 0.25) is 5.02 Å². The Morgan fingerprint density at radius 3 is 2.58 bits per heavy atom. The highest BCUT2D eigenvalue weighted by molar-refractivity contribution is 6.30. The average molecular weight is 520 g/mol. The van der Waals surface area contributed by atoms with Gasteiger partial charge in [0.25, 0.3) is 0 Å². The van der Waals surface area contributed by atoms with Crippen LogP contribution in [0.5, 0.6) is 0 Å². The zero-order valence-corrected chi connectivity index (χ0v) is 20.4. The highest BCUT2D eigenvalue weighted by Gasteiger charge is 2.28. The molecule has 0 unspecified atom stereocenters. The third kappa shape index (κ3) is 5.36. The summed E-state index contributed by atoms with van der Waals surface area (Å²) in [5.74, 6) is -1.04. The van der Waals surface area contributed by atoms with Crippen molar-refractivity contribution in [3.8, 4) is 0 Å². The van der Waals surface area contributed by atoms with E-state index in [9.17, 15) is 13.6 Å². The summed E-state index contributed by atoms with van der Waals surface area (Å²) in [7, 11) is 0. The molecule has 0 radical (unpaired) electrons. The molecule has 36 heavy (non-hydrogen) atoms. The van der Waals surface area contributed by atoms with E-state index in [4.69, 9.17) is 27.1 Å². The van der Waals surface area contributed by atoms with E-state index in [1.54, 1.807) is 6.20 Å². The molecule has 1 amide bonds. The highest BCUT2D eigenvalue weighted by Crippen LogP contribution is 2.38. The maximum Gasteiger partial charge on any atom is 0.225 e. The lowest BCUT2D eigenvalue weighted by atomic mass is 9.84. The van der Waals surface area contributed by atoms with Gasteiger partial charge in [0.15, 0.2) is 17.3 Å². The maximum absolute atomic E-state index is 14.6. The fourth-order valence-corrected chi connectivity index (χ4v) is 5.29. The lowest BCUT2D eigenvalue weighted by Gasteiger charge is -2.30. The molecule has 9 nitrogen and oxygen atoms in total. The number of carbonyl (C=O) groups is 1. The molecule has 1 aliphatic heterocycles. The van der Waals surface area contributed by atoms with Gasteiger partial charge in [0.1, 0.15) is 11.2 Å². The van der Waals surface area contributed by atoms with E-state index in [0.29, 0.717) is 30.1 Å². The van der Waals surface area contributed by atoms with Crippen molar-refractivity contribution >= 4 is 46.3 Å². The average Bonchev–Trinajstić information content (AvgIpc) is 3.19. The quantitative estimate of drug-likeness (QED) is 0.414. The van der Waals surface area contributed by atoms with E-state index in [2.05, 4.69) is 20.6 Å². The van der Waals surface area contributed by atoms with Crippen molar-refractivity contribution in [3.05, 3.63) is 35.0 Å². The first-order chi connectivity index (χ1) is 17.4. The van der Waals surface area contributed by atoms with Crippen LogP contribution in [0.3, 0.4) is 0 Å². The predicted octanol–water partition coefficient (Wildman–Crippen LogP) is 4.70. The van der Waals surface area contributed by atoms with Crippen molar-refractivity contribution in [2.45, 2.75) is 57.0 Å². The van der Waals surface area contributed by atoms with Crippen molar-refractivity contribution in [3.63, 3.8) is 0 Å². The van der Waals surface area contributed by atoms with Crippen molar-refractivity contribution in [1.29, 1.82) is 0 Å². The van der Waals surface area contributed by atoms with Gasteiger partial charge < -0.3 is 21.1 Å². The predicted molar refractivity (Wildman–Crippen MR) is 132 cm³/mol. The minimum atomic E-state index is -0.825. The molecule has 2 aliphatic rings. The molecular weight excluding hydrogens is 492 g/mol. The molecule has 12 heteroatoms. The smallest absolute Gasteiger partial charge is 0.225 e. The van der Waals surface area contributed by atoms with E-state index < -0.39 is 11.6 Å². The van der Waals surface area contributed by atoms with Crippen molar-refractivity contribution in [2.75, 3.05) is 23.8 Å². The summed E-state index contributed by atoms with van der Waals surface area (Å²) < 4.78 is 36.6. The van der Waals surface area contributed by atoms with Crippen LogP contribution >= 0.6 is 11.6 Å². The number of aromatic nitrogens is 4. The minimum absolute atomic E-state index is 0.0369. The van der Waals surface area contributed by atoms with Gasteiger partial charge >= 0.3 is 0 Å². The summed E-state index contributed by atoms with van der Waals surface area (Å²) in [6, 6.07) is 2.15. The number of nitrogens with one attached hydrogen (secondary N) is 2. The van der Waals surface area contributed by atoms with E-state index in [1.807, 2.05) is 4.57 Å². The number of benzene rings is 1. The number of nitrogens with two attached hydrogens (primary N) is 1. The molecule has 1 saturated carbocycles. The summed E-state index contributed by atoms with van der Waals surface area (Å²) in [6.45, 7) is 1.32. The number of ether oxygens (including phenoxy) is 1. The zero-order chi connectivity index (χ0) is 25.2. The first-order valence-corrected chi connectivity index (χ1v) is 12.5. The van der Waals surface area contributed by atoms with Crippen molar-refractivity contribution < 1.29 is 18.3 Å². The molecule has 5 rings (SSSR count). The van der Waals surface area contributed by atoms with Crippen LogP contribution in [-0.4, -0.2) is 44.7 Å². The number of rotatable bonds is 7. The molecule has 192 valence electrons. The van der Waals surface area contributed by atoms with Crippen LogP contribution in [0.15, 0.2) is 18.3 Å². The molecule has 3 heterocycles. The lowest BCUT2D eigenvalue weighted by Crippen LogP contribution is -2.30. The van der Waals surface area contributed by atoms with Crippen LogP contribution in [0, 0.1) is 17.6 Å². The molecule has 1 aliphatic carbocycles. The van der Waals surface area contributed by atoms with E-state index in [-0.39, 0.29) is 40.6 Å². The Morgan fingerprint density at radius 2 is 1.92 bits per heavy atom. The Kier molecular flexibility index (Phi) is 7.20. The second-order valence-corrected chi connectivity index (χ2v) is 9.92. The van der Waals surface area contributed by atoms with Gasteiger partial charge in [0.05, 0.1) is 18.8 Å². The summed E-state index contributed by atoms with van der Waals surface area (Å²) in [6.07, 6.45) is 6.94. The number of imidazole rings is 1. The number of halogens is 3. The van der Waals surface area contributed by atoms with E-state index in [1.165, 1.54) is 0 Å². The Bertz CT molecular complexity index is 1230. The largest absolute Gasteiger partial charge is 0.379 e. The highest BCUT2D eigenvalue weighted by atomic mass is 35.5. The van der Waals surface area contributed by atoms with Gasteiger partial charge in [-0.25, -0.2) is 18.7 Å². The molecule has 0 bridgehead atoms. The molecule has 0 spiro atoms. The summed E-state index contributed by atoms with van der Waals surface area (Å²) in [5.41, 5.74) is 6.10. The first-order valence-electron chi connectivity index (χ1n) is 12.2. The van der Waals surface area contributed by atoms with Crippen molar-refractivity contribution in [1.82, 2.24) is 19.5 Å². The van der Waals surface area contributed by atoms with Gasteiger partial charge in [-0.05, 0) is 56.6 Å². The normalized spacial score (nSPS) is 22.5. The number of amides is 1. The standard InChI is InChI=1S/C24H28ClF2N7O2/c25-14-9-17(26)21(18(27)10-14)32-24-31-19-11-29-23(30-15-2-1-7-36-12-15)33-22(19)34(24)16-5-3-13(4-6-16)8-20(28)35/h9-11,13,15-16H,1-8,12H2,(H2,28,35)(H,31,32)(H,29,30,33)/t13?,15-,16?/m0/s1. The van der Waals surface area contributed by atoms with E-state index >= 15 is 0 Å². The number of hydrogen-bond donors (Lipinski definition) is 3. The fourth-order valence-electron chi connectivity index (χ4n) is 5.10. The number of primary amides is 1. The number of hydrogen-bond acceptors (Lipinski definition) is 7. The maximum atomic E-state index is 14.6. The van der Waals surface area contributed by atoms with Crippen LogP contribution < -0.4 is 16.4 Å². The van der Waals surface area contributed by atoms with Crippen molar-refractivity contribution in [2.24, 2.45) is 11.7 Å². The van der Waals surface area contributed by atoms with Crippen LogP contribution in [0.25, 0.3) is 11.2 Å². The molecule has 3 aromatic rings. The van der Waals surface area contributed by atoms with Crippen LogP contribution in [0.4, 0.5) is 26.4 Å². The number of nitrogens with zero attached hydrogens (tertiary/aromatic N) is 4. The number of fused-ring (bicyclic) bond motifs is 1. The fraction of sp³-hybridized carbons (Fsp3) is 0.500. The molecule has 2 fully saturated rings. The first kappa shape index (κ1) is 24.6. The Balaban J connectivity index is 1.50. The zero-order valence-electron chi connectivity index (χ0n) is 19.6. The number of anilines is 3. The third-order valence-corrected chi connectivity index (χ3v) is 7.06. The van der Waals surface area contributed by atoms with Gasteiger partial charge in [-0.1, -0.05) is 11.6 Å². The molecule has 4 N–H and O–H groups in total. The van der Waals surface area contributed by atoms with Crippen LogP contribution in [0.1, 0.15) is 51.0 Å². The minimum Gasteiger partial charge on any atom is -0.379 e.